The molecule has 1 aliphatic carbocycles. The zero-order valence-corrected chi connectivity index (χ0v) is 15.8. The Labute approximate surface area is 160 Å². The molecule has 0 amide bonds. The maximum absolute atomic E-state index is 5.99. The van der Waals surface area contributed by atoms with E-state index in [0.717, 1.165) is 34.9 Å². The minimum atomic E-state index is 0.631. The number of benzene rings is 2. The van der Waals surface area contributed by atoms with E-state index in [9.17, 15) is 0 Å². The smallest absolute Gasteiger partial charge is 0.184 e. The molecular formula is C22H27N3O2. The van der Waals surface area contributed by atoms with Crippen LogP contribution in [0.5, 0.6) is 11.5 Å². The van der Waals surface area contributed by atoms with E-state index >= 15 is 0 Å². The molecule has 1 aliphatic rings. The van der Waals surface area contributed by atoms with Crippen LogP contribution < -0.4 is 20.1 Å². The fraction of sp³-hybridized carbons (Fsp3) is 0.364. The first-order valence-electron chi connectivity index (χ1n) is 9.71. The molecule has 3 aromatic rings. The number of nitrogens with one attached hydrogen (secondary N) is 3. The lowest BCUT2D eigenvalue weighted by atomic mass is 10.2. The van der Waals surface area contributed by atoms with E-state index in [1.807, 2.05) is 24.4 Å². The Hall–Kier alpha value is -2.66. The van der Waals surface area contributed by atoms with Crippen molar-refractivity contribution in [3.63, 3.8) is 0 Å². The third kappa shape index (κ3) is 4.19. The summed E-state index contributed by atoms with van der Waals surface area (Å²) in [5.41, 5.74) is 3.04. The molecule has 0 saturated heterocycles. The molecule has 2 aromatic carbocycles. The number of anilines is 2. The molecule has 1 saturated carbocycles. The maximum atomic E-state index is 5.99. The first kappa shape index (κ1) is 17.7. The van der Waals surface area contributed by atoms with Gasteiger partial charge in [-0.05, 0) is 49.2 Å². The summed E-state index contributed by atoms with van der Waals surface area (Å²) in [6, 6.07) is 14.9. The first-order valence-corrected chi connectivity index (χ1v) is 9.71. The monoisotopic (exact) mass is 365 g/mol. The fourth-order valence-corrected chi connectivity index (χ4v) is 3.78. The van der Waals surface area contributed by atoms with Gasteiger partial charge in [-0.3, -0.25) is 0 Å². The molecular weight excluding hydrogens is 338 g/mol. The fourth-order valence-electron chi connectivity index (χ4n) is 3.78. The highest BCUT2D eigenvalue weighted by Gasteiger charge is 2.14. The van der Waals surface area contributed by atoms with E-state index in [1.54, 1.807) is 7.11 Å². The second-order valence-electron chi connectivity index (χ2n) is 7.03. The molecule has 0 bridgehead atoms. The summed E-state index contributed by atoms with van der Waals surface area (Å²) in [5.74, 6) is 1.49. The highest BCUT2D eigenvalue weighted by atomic mass is 16.5. The molecule has 0 atom stereocenters. The van der Waals surface area contributed by atoms with Gasteiger partial charge in [0.1, 0.15) is 6.61 Å². The summed E-state index contributed by atoms with van der Waals surface area (Å²) in [6.07, 6.45) is 7.20. The normalized spacial score (nSPS) is 14.6. The van der Waals surface area contributed by atoms with Gasteiger partial charge in [0.25, 0.3) is 0 Å². The highest BCUT2D eigenvalue weighted by molar-refractivity contribution is 5.84. The predicted octanol–water partition coefficient (Wildman–Crippen LogP) is 4.83. The van der Waals surface area contributed by atoms with E-state index in [1.165, 1.54) is 31.1 Å². The SMILES string of the molecule is COc1c(Nc2ccc3[nH]ccc3c2)cccc1OCCNC1CCCC1. The molecule has 0 radical (unpaired) electrons. The highest BCUT2D eigenvalue weighted by Crippen LogP contribution is 2.37. The molecule has 5 nitrogen and oxygen atoms in total. The number of rotatable bonds is 8. The topological polar surface area (TPSA) is 58.3 Å². The van der Waals surface area contributed by atoms with Crippen LogP contribution in [0.3, 0.4) is 0 Å². The van der Waals surface area contributed by atoms with Crippen LogP contribution in [-0.2, 0) is 0 Å². The Kier molecular flexibility index (Phi) is 5.49. The van der Waals surface area contributed by atoms with E-state index < -0.39 is 0 Å². The van der Waals surface area contributed by atoms with Crippen molar-refractivity contribution in [2.45, 2.75) is 31.7 Å². The van der Waals surface area contributed by atoms with Crippen LogP contribution in [0.2, 0.25) is 0 Å². The lowest BCUT2D eigenvalue weighted by Gasteiger charge is -2.17. The molecule has 0 spiro atoms. The molecule has 5 heteroatoms. The summed E-state index contributed by atoms with van der Waals surface area (Å²) >= 11 is 0. The number of aromatic amines is 1. The van der Waals surface area contributed by atoms with Gasteiger partial charge in [-0.25, -0.2) is 0 Å². The summed E-state index contributed by atoms with van der Waals surface area (Å²) in [4.78, 5) is 3.21. The quantitative estimate of drug-likeness (QED) is 0.500. The summed E-state index contributed by atoms with van der Waals surface area (Å²) in [5, 5.41) is 8.19. The molecule has 1 heterocycles. The molecule has 0 unspecified atom stereocenters. The molecule has 4 rings (SSSR count). The molecule has 1 aromatic heterocycles. The largest absolute Gasteiger partial charge is 0.491 e. The van der Waals surface area contributed by atoms with Crippen LogP contribution in [-0.4, -0.2) is 31.3 Å². The summed E-state index contributed by atoms with van der Waals surface area (Å²) < 4.78 is 11.6. The maximum Gasteiger partial charge on any atom is 0.184 e. The van der Waals surface area contributed by atoms with Gasteiger partial charge in [-0.15, -0.1) is 0 Å². The summed E-state index contributed by atoms with van der Waals surface area (Å²) in [6.45, 7) is 1.49. The van der Waals surface area contributed by atoms with Crippen molar-refractivity contribution in [3.8, 4) is 11.5 Å². The zero-order chi connectivity index (χ0) is 18.5. The average Bonchev–Trinajstić information content (AvgIpc) is 3.36. The average molecular weight is 365 g/mol. The van der Waals surface area contributed by atoms with Crippen LogP contribution in [0, 0.1) is 0 Å². The number of aromatic nitrogens is 1. The number of hydrogen-bond acceptors (Lipinski definition) is 4. The minimum Gasteiger partial charge on any atom is -0.491 e. The Bertz CT molecular complexity index is 884. The van der Waals surface area contributed by atoms with Gasteiger partial charge in [0.15, 0.2) is 11.5 Å². The number of ether oxygens (including phenoxy) is 2. The van der Waals surface area contributed by atoms with Crippen LogP contribution >= 0.6 is 0 Å². The zero-order valence-electron chi connectivity index (χ0n) is 15.8. The lowest BCUT2D eigenvalue weighted by molar-refractivity contribution is 0.287. The molecule has 0 aliphatic heterocycles. The van der Waals surface area contributed by atoms with Crippen LogP contribution in [0.1, 0.15) is 25.7 Å². The van der Waals surface area contributed by atoms with Gasteiger partial charge in [-0.1, -0.05) is 18.9 Å². The molecule has 27 heavy (non-hydrogen) atoms. The standard InChI is InChI=1S/C22H27N3O2/c1-26-22-20(25-18-9-10-19-16(15-18)11-12-24-19)7-4-8-21(22)27-14-13-23-17-5-2-3-6-17/h4,7-12,15,17,23-25H,2-3,5-6,13-14H2,1H3. The number of hydrogen-bond donors (Lipinski definition) is 3. The van der Waals surface area contributed by atoms with Gasteiger partial charge in [0, 0.05) is 35.4 Å². The van der Waals surface area contributed by atoms with E-state index in [4.69, 9.17) is 9.47 Å². The Morgan fingerprint density at radius 1 is 1.11 bits per heavy atom. The van der Waals surface area contributed by atoms with Gasteiger partial charge in [-0.2, -0.15) is 0 Å². The second kappa shape index (κ2) is 8.35. The van der Waals surface area contributed by atoms with Gasteiger partial charge in [0.2, 0.25) is 0 Å². The van der Waals surface area contributed by atoms with Gasteiger partial charge in [0.05, 0.1) is 12.8 Å². The van der Waals surface area contributed by atoms with Gasteiger partial charge < -0.3 is 25.1 Å². The van der Waals surface area contributed by atoms with Crippen LogP contribution in [0.25, 0.3) is 10.9 Å². The lowest BCUT2D eigenvalue weighted by Crippen LogP contribution is -2.30. The van der Waals surface area contributed by atoms with Gasteiger partial charge >= 0.3 is 0 Å². The Balaban J connectivity index is 1.42. The number of fused-ring (bicyclic) bond motifs is 1. The van der Waals surface area contributed by atoms with Crippen molar-refractivity contribution in [2.24, 2.45) is 0 Å². The van der Waals surface area contributed by atoms with E-state index in [-0.39, 0.29) is 0 Å². The van der Waals surface area contributed by atoms with Crippen molar-refractivity contribution < 1.29 is 9.47 Å². The van der Waals surface area contributed by atoms with Crippen molar-refractivity contribution in [1.29, 1.82) is 0 Å². The van der Waals surface area contributed by atoms with E-state index in [2.05, 4.69) is 39.9 Å². The van der Waals surface area contributed by atoms with Crippen molar-refractivity contribution in [3.05, 3.63) is 48.7 Å². The number of H-pyrrole nitrogens is 1. The van der Waals surface area contributed by atoms with Crippen molar-refractivity contribution in [1.82, 2.24) is 10.3 Å². The van der Waals surface area contributed by atoms with Crippen molar-refractivity contribution >= 4 is 22.3 Å². The minimum absolute atomic E-state index is 0.631. The van der Waals surface area contributed by atoms with E-state index in [0.29, 0.717) is 12.6 Å². The predicted molar refractivity (Wildman–Crippen MR) is 110 cm³/mol. The molecule has 142 valence electrons. The second-order valence-corrected chi connectivity index (χ2v) is 7.03. The third-order valence-corrected chi connectivity index (χ3v) is 5.16. The van der Waals surface area contributed by atoms with Crippen molar-refractivity contribution in [2.75, 3.05) is 25.6 Å². The number of para-hydroxylation sites is 1. The van der Waals surface area contributed by atoms with Crippen LogP contribution in [0.15, 0.2) is 48.7 Å². The summed E-state index contributed by atoms with van der Waals surface area (Å²) in [7, 11) is 1.68. The molecule has 3 N–H and O–H groups in total. The Morgan fingerprint density at radius 2 is 2.00 bits per heavy atom. The Morgan fingerprint density at radius 3 is 2.85 bits per heavy atom. The molecule has 1 fully saturated rings. The number of methoxy groups -OCH3 is 1. The first-order chi connectivity index (χ1) is 13.3. The van der Waals surface area contributed by atoms with Crippen LogP contribution in [0.4, 0.5) is 11.4 Å². The third-order valence-electron chi connectivity index (χ3n) is 5.16.